The Bertz CT molecular complexity index is 686. The normalized spacial score (nSPS) is 22.1. The zero-order chi connectivity index (χ0) is 18.4. The fourth-order valence-electron chi connectivity index (χ4n) is 3.29. The molecule has 0 aromatic heterocycles. The molecule has 1 aromatic carbocycles. The van der Waals surface area contributed by atoms with E-state index in [1.165, 1.54) is 30.4 Å². The number of hydrogen-bond donors (Lipinski definition) is 1. The second-order valence-corrected chi connectivity index (χ2v) is 6.98. The van der Waals surface area contributed by atoms with Gasteiger partial charge in [0, 0.05) is 12.8 Å². The average molecular weight is 372 g/mol. The van der Waals surface area contributed by atoms with E-state index in [2.05, 4.69) is 15.2 Å². The number of carbonyl (C=O) groups is 2. The fraction of sp³-hybridized carbons (Fsp3) is 0.474. The number of thiocarbonyl (C=S) groups is 1. The Morgan fingerprint density at radius 3 is 2.62 bits per heavy atom. The molecule has 2 fully saturated rings. The molecule has 2 aliphatic rings. The van der Waals surface area contributed by atoms with Crippen LogP contribution in [0.15, 0.2) is 35.3 Å². The van der Waals surface area contributed by atoms with Crippen molar-refractivity contribution in [3.8, 4) is 0 Å². The minimum atomic E-state index is -0.933. The summed E-state index contributed by atoms with van der Waals surface area (Å²) in [5.41, 5.74) is 0.644. The lowest BCUT2D eigenvalue weighted by atomic mass is 10.1. The summed E-state index contributed by atoms with van der Waals surface area (Å²) in [5, 5.41) is 2.71. The molecule has 2 aliphatic heterocycles. The maximum atomic E-state index is 12.7. The van der Waals surface area contributed by atoms with E-state index in [0.29, 0.717) is 12.2 Å². The number of aliphatic imine (C=N–C) groups is 1. The molecule has 0 bridgehead atoms. The first-order chi connectivity index (χ1) is 12.7. The molecule has 7 heteroatoms. The molecule has 26 heavy (non-hydrogen) atoms. The number of likely N-dealkylation sites (tertiary alicyclic amines) is 1. The van der Waals surface area contributed by atoms with E-state index in [0.717, 1.165) is 26.1 Å². The van der Waals surface area contributed by atoms with Crippen LogP contribution in [0.25, 0.3) is 0 Å². The molecule has 1 atom stereocenters. The van der Waals surface area contributed by atoms with Crippen LogP contribution in [0.3, 0.4) is 0 Å². The van der Waals surface area contributed by atoms with Gasteiger partial charge in [0.25, 0.3) is 5.91 Å². The van der Waals surface area contributed by atoms with Gasteiger partial charge in [-0.25, -0.2) is 0 Å². The lowest BCUT2D eigenvalue weighted by Gasteiger charge is -2.30. The number of benzene rings is 1. The average Bonchev–Trinajstić information content (AvgIpc) is 2.65. The van der Waals surface area contributed by atoms with E-state index in [4.69, 9.17) is 12.2 Å². The van der Waals surface area contributed by atoms with Crippen molar-refractivity contribution in [1.29, 1.82) is 0 Å². The quantitative estimate of drug-likeness (QED) is 0.359. The highest BCUT2D eigenvalue weighted by Gasteiger charge is 2.38. The number of hydrogen-bond acceptors (Lipinski definition) is 5. The Morgan fingerprint density at radius 2 is 1.88 bits per heavy atom. The number of piperidine rings is 1. The molecule has 0 radical (unpaired) electrons. The summed E-state index contributed by atoms with van der Waals surface area (Å²) < 4.78 is 0. The minimum Gasteiger partial charge on any atom is -0.303 e. The van der Waals surface area contributed by atoms with E-state index < -0.39 is 11.8 Å². The van der Waals surface area contributed by atoms with Gasteiger partial charge in [-0.1, -0.05) is 24.6 Å². The number of nitrogens with zero attached hydrogens (tertiary/aromatic N) is 3. The number of rotatable bonds is 6. The highest BCUT2D eigenvalue weighted by atomic mass is 32.1. The predicted octanol–water partition coefficient (Wildman–Crippen LogP) is 2.00. The molecule has 0 aliphatic carbocycles. The summed E-state index contributed by atoms with van der Waals surface area (Å²) in [6, 6.07) is 9.08. The van der Waals surface area contributed by atoms with Crippen LogP contribution in [0, 0.1) is 5.92 Å². The summed E-state index contributed by atoms with van der Waals surface area (Å²) in [5.74, 6) is -1.70. The standard InChI is InChI=1S/C19H24N4O2S/c24-17-16(14-20-10-7-13-22-11-5-2-6-12-22)18(25)23(19(26)21-17)15-8-3-1-4-9-15/h1,3-4,8-9,14,16H,2,5-7,10-13H2,(H,21,24,26)/t16-/m0/s1. The van der Waals surface area contributed by atoms with Gasteiger partial charge in [0.15, 0.2) is 11.0 Å². The van der Waals surface area contributed by atoms with Gasteiger partial charge in [0.05, 0.1) is 5.69 Å². The van der Waals surface area contributed by atoms with Crippen LogP contribution in [-0.2, 0) is 9.59 Å². The second-order valence-electron chi connectivity index (χ2n) is 6.59. The van der Waals surface area contributed by atoms with Gasteiger partial charge in [0.1, 0.15) is 0 Å². The molecule has 1 aromatic rings. The van der Waals surface area contributed by atoms with E-state index in [1.54, 1.807) is 12.1 Å². The summed E-state index contributed by atoms with van der Waals surface area (Å²) in [6.07, 6.45) is 6.27. The van der Waals surface area contributed by atoms with Crippen molar-refractivity contribution in [2.24, 2.45) is 10.9 Å². The molecule has 1 N–H and O–H groups in total. The number of anilines is 1. The van der Waals surface area contributed by atoms with Gasteiger partial charge in [-0.3, -0.25) is 19.5 Å². The van der Waals surface area contributed by atoms with Crippen LogP contribution in [-0.4, -0.2) is 54.2 Å². The SMILES string of the molecule is O=C1NC(=S)N(c2ccccc2)C(=O)[C@H]1C=NCCCN1CCCCC1. The molecule has 6 nitrogen and oxygen atoms in total. The molecular formula is C19H24N4O2S. The number of nitrogens with one attached hydrogen (secondary N) is 1. The largest absolute Gasteiger partial charge is 0.303 e. The lowest BCUT2D eigenvalue weighted by molar-refractivity contribution is -0.130. The molecular weight excluding hydrogens is 348 g/mol. The maximum absolute atomic E-state index is 12.7. The first-order valence-corrected chi connectivity index (χ1v) is 9.54. The Hall–Kier alpha value is -2.12. The summed E-state index contributed by atoms with van der Waals surface area (Å²) in [6.45, 7) is 3.96. The number of para-hydroxylation sites is 1. The van der Waals surface area contributed by atoms with E-state index in [-0.39, 0.29) is 11.0 Å². The van der Waals surface area contributed by atoms with E-state index in [1.807, 2.05) is 18.2 Å². The van der Waals surface area contributed by atoms with Gasteiger partial charge in [-0.05, 0) is 63.2 Å². The van der Waals surface area contributed by atoms with Crippen molar-refractivity contribution in [3.63, 3.8) is 0 Å². The highest BCUT2D eigenvalue weighted by Crippen LogP contribution is 2.19. The molecule has 2 amide bonds. The lowest BCUT2D eigenvalue weighted by Crippen LogP contribution is -2.58. The van der Waals surface area contributed by atoms with Gasteiger partial charge in [-0.15, -0.1) is 0 Å². The topological polar surface area (TPSA) is 65.0 Å². The molecule has 138 valence electrons. The van der Waals surface area contributed by atoms with Crippen molar-refractivity contribution in [1.82, 2.24) is 10.2 Å². The molecule has 0 unspecified atom stereocenters. The van der Waals surface area contributed by atoms with Crippen LogP contribution in [0.1, 0.15) is 25.7 Å². The number of carbonyl (C=O) groups excluding carboxylic acids is 2. The van der Waals surface area contributed by atoms with Crippen molar-refractivity contribution in [2.45, 2.75) is 25.7 Å². The Labute approximate surface area is 159 Å². The predicted molar refractivity (Wildman–Crippen MR) is 106 cm³/mol. The van der Waals surface area contributed by atoms with E-state index >= 15 is 0 Å². The van der Waals surface area contributed by atoms with Crippen molar-refractivity contribution in [3.05, 3.63) is 30.3 Å². The molecule has 0 spiro atoms. The van der Waals surface area contributed by atoms with E-state index in [9.17, 15) is 9.59 Å². The zero-order valence-electron chi connectivity index (χ0n) is 14.8. The Kier molecular flexibility index (Phi) is 6.46. The minimum absolute atomic E-state index is 0.112. The summed E-state index contributed by atoms with van der Waals surface area (Å²) in [7, 11) is 0. The smallest absolute Gasteiger partial charge is 0.251 e. The number of amides is 2. The van der Waals surface area contributed by atoms with Crippen molar-refractivity contribution >= 4 is 41.0 Å². The first kappa shape index (κ1) is 18.7. The molecule has 0 saturated carbocycles. The van der Waals surface area contributed by atoms with Crippen molar-refractivity contribution < 1.29 is 9.59 Å². The van der Waals surface area contributed by atoms with Gasteiger partial charge < -0.3 is 10.2 Å². The third-order valence-electron chi connectivity index (χ3n) is 4.68. The van der Waals surface area contributed by atoms with Crippen LogP contribution in [0.5, 0.6) is 0 Å². The second kappa shape index (κ2) is 9.00. The maximum Gasteiger partial charge on any atom is 0.251 e. The highest BCUT2D eigenvalue weighted by molar-refractivity contribution is 7.80. The van der Waals surface area contributed by atoms with Gasteiger partial charge in [-0.2, -0.15) is 0 Å². The zero-order valence-corrected chi connectivity index (χ0v) is 15.6. The summed E-state index contributed by atoms with van der Waals surface area (Å²) in [4.78, 5) is 33.0. The monoisotopic (exact) mass is 372 g/mol. The van der Waals surface area contributed by atoms with Crippen LogP contribution < -0.4 is 10.2 Å². The van der Waals surface area contributed by atoms with Crippen LogP contribution >= 0.6 is 12.2 Å². The van der Waals surface area contributed by atoms with Gasteiger partial charge in [0.2, 0.25) is 5.91 Å². The Balaban J connectivity index is 1.56. The van der Waals surface area contributed by atoms with Crippen LogP contribution in [0.4, 0.5) is 5.69 Å². The Morgan fingerprint density at radius 1 is 1.15 bits per heavy atom. The molecule has 2 heterocycles. The molecule has 2 saturated heterocycles. The summed E-state index contributed by atoms with van der Waals surface area (Å²) >= 11 is 5.17. The molecule has 3 rings (SSSR count). The van der Waals surface area contributed by atoms with Crippen LogP contribution in [0.2, 0.25) is 0 Å². The van der Waals surface area contributed by atoms with Crippen molar-refractivity contribution in [2.75, 3.05) is 31.1 Å². The third-order valence-corrected chi connectivity index (χ3v) is 4.97. The van der Waals surface area contributed by atoms with Gasteiger partial charge >= 0.3 is 0 Å². The fourth-order valence-corrected chi connectivity index (χ4v) is 3.59. The first-order valence-electron chi connectivity index (χ1n) is 9.13. The third kappa shape index (κ3) is 4.53.